The van der Waals surface area contributed by atoms with Gasteiger partial charge in [0.2, 0.25) is 0 Å². The summed E-state index contributed by atoms with van der Waals surface area (Å²) in [6.07, 6.45) is 1.50. The molecule has 114 valence electrons. The third kappa shape index (κ3) is 2.70. The van der Waals surface area contributed by atoms with Gasteiger partial charge in [-0.15, -0.1) is 0 Å². The first-order valence-electron chi connectivity index (χ1n) is 7.50. The van der Waals surface area contributed by atoms with E-state index in [1.54, 1.807) is 12.1 Å². The molecule has 4 nitrogen and oxygen atoms in total. The summed E-state index contributed by atoms with van der Waals surface area (Å²) < 4.78 is 0. The van der Waals surface area contributed by atoms with Gasteiger partial charge < -0.3 is 10.2 Å². The molecule has 2 atom stereocenters. The van der Waals surface area contributed by atoms with Crippen molar-refractivity contribution in [3.63, 3.8) is 0 Å². The minimum absolute atomic E-state index is 0.201. The van der Waals surface area contributed by atoms with E-state index < -0.39 is 12.0 Å². The number of para-hydroxylation sites is 1. The molecular formula is C18H19NO3. The van der Waals surface area contributed by atoms with Gasteiger partial charge in [-0.05, 0) is 24.5 Å². The maximum Gasteiger partial charge on any atom is 0.320 e. The highest BCUT2D eigenvalue weighted by molar-refractivity contribution is 5.74. The zero-order chi connectivity index (χ0) is 15.5. The number of carboxylic acids is 1. The van der Waals surface area contributed by atoms with E-state index in [1.807, 2.05) is 47.4 Å². The minimum Gasteiger partial charge on any atom is -0.508 e. The summed E-state index contributed by atoms with van der Waals surface area (Å²) in [7, 11) is 0. The molecule has 0 saturated carbocycles. The zero-order valence-corrected chi connectivity index (χ0v) is 12.2. The van der Waals surface area contributed by atoms with Crippen LogP contribution in [0.3, 0.4) is 0 Å². The van der Waals surface area contributed by atoms with Gasteiger partial charge in [0.05, 0.1) is 6.04 Å². The van der Waals surface area contributed by atoms with E-state index in [0.29, 0.717) is 13.0 Å². The molecule has 1 aliphatic rings. The Kier molecular flexibility index (Phi) is 4.11. The monoisotopic (exact) mass is 297 g/mol. The second-order valence-electron chi connectivity index (χ2n) is 5.61. The molecule has 0 radical (unpaired) electrons. The SMILES string of the molecule is O=C(O)[C@@H]1CCCN1C(c1ccccc1)c1ccccc1O. The van der Waals surface area contributed by atoms with Crippen LogP contribution < -0.4 is 0 Å². The van der Waals surface area contributed by atoms with Crippen LogP contribution in [-0.4, -0.2) is 33.7 Å². The number of aromatic hydroxyl groups is 1. The van der Waals surface area contributed by atoms with Crippen molar-refractivity contribution >= 4 is 5.97 Å². The van der Waals surface area contributed by atoms with Crippen molar-refractivity contribution in [3.05, 3.63) is 65.7 Å². The third-order valence-corrected chi connectivity index (χ3v) is 4.26. The van der Waals surface area contributed by atoms with Gasteiger partial charge in [0.15, 0.2) is 0 Å². The van der Waals surface area contributed by atoms with Crippen molar-refractivity contribution < 1.29 is 15.0 Å². The molecule has 2 aromatic rings. The van der Waals surface area contributed by atoms with Gasteiger partial charge in [0.25, 0.3) is 0 Å². The molecule has 0 aromatic heterocycles. The van der Waals surface area contributed by atoms with Gasteiger partial charge in [-0.25, -0.2) is 0 Å². The van der Waals surface area contributed by atoms with E-state index in [4.69, 9.17) is 0 Å². The summed E-state index contributed by atoms with van der Waals surface area (Å²) in [5.74, 6) is -0.596. The highest BCUT2D eigenvalue weighted by Crippen LogP contribution is 2.38. The maximum absolute atomic E-state index is 11.6. The number of rotatable bonds is 4. The predicted molar refractivity (Wildman–Crippen MR) is 83.8 cm³/mol. The molecule has 0 amide bonds. The quantitative estimate of drug-likeness (QED) is 0.910. The van der Waals surface area contributed by atoms with Gasteiger partial charge in [0, 0.05) is 12.1 Å². The first kappa shape index (κ1) is 14.6. The van der Waals surface area contributed by atoms with Crippen LogP contribution in [0.15, 0.2) is 54.6 Å². The largest absolute Gasteiger partial charge is 0.508 e. The smallest absolute Gasteiger partial charge is 0.320 e. The third-order valence-electron chi connectivity index (χ3n) is 4.26. The molecule has 1 unspecified atom stereocenters. The van der Waals surface area contributed by atoms with Gasteiger partial charge in [0.1, 0.15) is 11.8 Å². The first-order chi connectivity index (χ1) is 10.7. The normalized spacial score (nSPS) is 19.9. The van der Waals surface area contributed by atoms with Crippen LogP contribution in [-0.2, 0) is 4.79 Å². The fraction of sp³-hybridized carbons (Fsp3) is 0.278. The Morgan fingerprint density at radius 2 is 1.77 bits per heavy atom. The number of nitrogens with zero attached hydrogens (tertiary/aromatic N) is 1. The number of likely N-dealkylation sites (tertiary alicyclic amines) is 1. The number of phenols is 1. The summed E-state index contributed by atoms with van der Waals surface area (Å²) >= 11 is 0. The number of aliphatic carboxylic acids is 1. The van der Waals surface area contributed by atoms with Crippen LogP contribution in [0.1, 0.15) is 30.0 Å². The minimum atomic E-state index is -0.797. The summed E-state index contributed by atoms with van der Waals surface area (Å²) in [4.78, 5) is 13.5. The van der Waals surface area contributed by atoms with Crippen LogP contribution in [0.2, 0.25) is 0 Å². The lowest BCUT2D eigenvalue weighted by molar-refractivity contribution is -0.142. The van der Waals surface area contributed by atoms with Crippen LogP contribution in [0.5, 0.6) is 5.75 Å². The van der Waals surface area contributed by atoms with E-state index in [2.05, 4.69) is 0 Å². The van der Waals surface area contributed by atoms with E-state index >= 15 is 0 Å². The molecular weight excluding hydrogens is 278 g/mol. The maximum atomic E-state index is 11.6. The lowest BCUT2D eigenvalue weighted by atomic mass is 9.95. The highest BCUT2D eigenvalue weighted by atomic mass is 16.4. The number of benzene rings is 2. The van der Waals surface area contributed by atoms with Crippen molar-refractivity contribution in [3.8, 4) is 5.75 Å². The topological polar surface area (TPSA) is 60.8 Å². The molecule has 3 rings (SSSR count). The van der Waals surface area contributed by atoms with E-state index in [-0.39, 0.29) is 11.8 Å². The van der Waals surface area contributed by atoms with Crippen LogP contribution >= 0.6 is 0 Å². The number of hydrogen-bond acceptors (Lipinski definition) is 3. The standard InChI is InChI=1S/C18H19NO3/c20-16-11-5-4-9-14(16)17(13-7-2-1-3-8-13)19-12-6-10-15(19)18(21)22/h1-5,7-9,11,15,17,20H,6,10,12H2,(H,21,22)/t15-,17?/m0/s1. The van der Waals surface area contributed by atoms with Crippen LogP contribution in [0.4, 0.5) is 0 Å². The first-order valence-corrected chi connectivity index (χ1v) is 7.50. The lowest BCUT2D eigenvalue weighted by Crippen LogP contribution is -2.39. The van der Waals surface area contributed by atoms with Crippen molar-refractivity contribution in [1.82, 2.24) is 4.90 Å². The van der Waals surface area contributed by atoms with Crippen molar-refractivity contribution in [2.24, 2.45) is 0 Å². The van der Waals surface area contributed by atoms with E-state index in [1.165, 1.54) is 0 Å². The zero-order valence-electron chi connectivity index (χ0n) is 12.2. The second-order valence-corrected chi connectivity index (χ2v) is 5.61. The number of hydrogen-bond donors (Lipinski definition) is 2. The van der Waals surface area contributed by atoms with Crippen LogP contribution in [0, 0.1) is 0 Å². The fourth-order valence-electron chi connectivity index (χ4n) is 3.27. The average Bonchev–Trinajstić information content (AvgIpc) is 3.00. The summed E-state index contributed by atoms with van der Waals surface area (Å²) in [5, 5.41) is 19.7. The molecule has 1 aliphatic heterocycles. The summed E-state index contributed by atoms with van der Waals surface area (Å²) in [5.41, 5.74) is 1.75. The molecule has 0 bridgehead atoms. The Labute approximate surface area is 129 Å². The number of carbonyl (C=O) groups is 1. The Morgan fingerprint density at radius 1 is 1.09 bits per heavy atom. The predicted octanol–water partition coefficient (Wildman–Crippen LogP) is 3.03. The van der Waals surface area contributed by atoms with E-state index in [9.17, 15) is 15.0 Å². The molecule has 1 heterocycles. The Balaban J connectivity index is 2.08. The lowest BCUT2D eigenvalue weighted by Gasteiger charge is -2.32. The van der Waals surface area contributed by atoms with Crippen molar-refractivity contribution in [2.45, 2.75) is 24.9 Å². The van der Waals surface area contributed by atoms with E-state index in [0.717, 1.165) is 17.5 Å². The molecule has 2 N–H and O–H groups in total. The Bertz CT molecular complexity index is 656. The highest BCUT2D eigenvalue weighted by Gasteiger charge is 2.37. The molecule has 4 heteroatoms. The molecule has 1 saturated heterocycles. The Morgan fingerprint density at radius 3 is 2.45 bits per heavy atom. The second kappa shape index (κ2) is 6.20. The van der Waals surface area contributed by atoms with Gasteiger partial charge in [-0.1, -0.05) is 48.5 Å². The molecule has 22 heavy (non-hydrogen) atoms. The number of carboxylic acid groups (broad SMARTS) is 1. The average molecular weight is 297 g/mol. The van der Waals surface area contributed by atoms with Crippen molar-refractivity contribution in [2.75, 3.05) is 6.54 Å². The molecule has 0 spiro atoms. The number of phenolic OH excluding ortho intramolecular Hbond substituents is 1. The molecule has 2 aromatic carbocycles. The Hall–Kier alpha value is -2.33. The van der Waals surface area contributed by atoms with Gasteiger partial charge in [-0.2, -0.15) is 0 Å². The van der Waals surface area contributed by atoms with Gasteiger partial charge >= 0.3 is 5.97 Å². The summed E-state index contributed by atoms with van der Waals surface area (Å²) in [6, 6.07) is 16.2. The summed E-state index contributed by atoms with van der Waals surface area (Å²) in [6.45, 7) is 0.713. The van der Waals surface area contributed by atoms with Crippen LogP contribution in [0.25, 0.3) is 0 Å². The van der Waals surface area contributed by atoms with Gasteiger partial charge in [-0.3, -0.25) is 9.69 Å². The van der Waals surface area contributed by atoms with Crippen molar-refractivity contribution in [1.29, 1.82) is 0 Å². The molecule has 0 aliphatic carbocycles. The fourth-order valence-corrected chi connectivity index (χ4v) is 3.27. The molecule has 1 fully saturated rings.